The summed E-state index contributed by atoms with van der Waals surface area (Å²) < 4.78 is 25.1. The fraction of sp³-hybridized carbons (Fsp3) is 0.632. The molecule has 1 N–H and O–H groups in total. The smallest absolute Gasteiger partial charge is 0.239 e. The van der Waals surface area contributed by atoms with Gasteiger partial charge in [-0.3, -0.25) is 4.79 Å². The number of nitrogens with one attached hydrogen (secondary N) is 1. The molecule has 1 aromatic rings. The number of rotatable bonds is 9. The topological polar surface area (TPSA) is 66.5 Å². The highest BCUT2D eigenvalue weighted by molar-refractivity contribution is 7.88. The van der Waals surface area contributed by atoms with E-state index in [1.165, 1.54) is 4.31 Å². The summed E-state index contributed by atoms with van der Waals surface area (Å²) in [5.41, 5.74) is 2.96. The third-order valence-electron chi connectivity index (χ3n) is 4.19. The van der Waals surface area contributed by atoms with Gasteiger partial charge in [-0.1, -0.05) is 59.2 Å². The first kappa shape index (κ1) is 21.6. The van der Waals surface area contributed by atoms with Crippen molar-refractivity contribution in [3.63, 3.8) is 0 Å². The minimum Gasteiger partial charge on any atom is -0.324 e. The van der Waals surface area contributed by atoms with Crippen molar-refractivity contribution in [1.29, 1.82) is 0 Å². The Morgan fingerprint density at radius 2 is 1.64 bits per heavy atom. The minimum atomic E-state index is -3.40. The standard InChI is InChI=1S/C19H32N2O3S/c1-7-8-12-21(25(6,23)24)13-18(22)20-19-16(14(2)3)10-9-11-17(19)15(4)5/h9-11,14-15H,7-8,12-13H2,1-6H3,(H,20,22). The number of para-hydroxylation sites is 1. The Bertz CT molecular complexity index is 656. The SMILES string of the molecule is CCCCN(CC(=O)Nc1c(C(C)C)cccc1C(C)C)S(C)(=O)=O. The minimum absolute atomic E-state index is 0.150. The van der Waals surface area contributed by atoms with Crippen LogP contribution in [0, 0.1) is 0 Å². The second kappa shape index (κ2) is 9.34. The molecule has 1 rings (SSSR count). The van der Waals surface area contributed by atoms with E-state index in [2.05, 4.69) is 33.0 Å². The Balaban J connectivity index is 3.06. The summed E-state index contributed by atoms with van der Waals surface area (Å²) in [6, 6.07) is 6.03. The van der Waals surface area contributed by atoms with E-state index in [4.69, 9.17) is 0 Å². The van der Waals surface area contributed by atoms with Crippen LogP contribution in [0.4, 0.5) is 5.69 Å². The first-order valence-electron chi connectivity index (χ1n) is 8.95. The van der Waals surface area contributed by atoms with Gasteiger partial charge in [0.25, 0.3) is 0 Å². The van der Waals surface area contributed by atoms with Crippen LogP contribution in [0.15, 0.2) is 18.2 Å². The van der Waals surface area contributed by atoms with E-state index in [0.29, 0.717) is 6.54 Å². The fourth-order valence-corrected chi connectivity index (χ4v) is 3.54. The Labute approximate surface area is 152 Å². The van der Waals surface area contributed by atoms with Crippen molar-refractivity contribution in [2.24, 2.45) is 0 Å². The maximum absolute atomic E-state index is 12.6. The lowest BCUT2D eigenvalue weighted by Gasteiger charge is -2.23. The maximum Gasteiger partial charge on any atom is 0.239 e. The zero-order valence-electron chi connectivity index (χ0n) is 16.3. The summed E-state index contributed by atoms with van der Waals surface area (Å²) in [6.45, 7) is 10.5. The van der Waals surface area contributed by atoms with Crippen molar-refractivity contribution in [2.45, 2.75) is 59.3 Å². The summed E-state index contributed by atoms with van der Waals surface area (Å²) in [6.07, 6.45) is 2.76. The number of carbonyl (C=O) groups excluding carboxylic acids is 1. The van der Waals surface area contributed by atoms with Crippen molar-refractivity contribution in [3.05, 3.63) is 29.3 Å². The maximum atomic E-state index is 12.6. The molecule has 142 valence electrons. The molecule has 0 heterocycles. The highest BCUT2D eigenvalue weighted by atomic mass is 32.2. The molecule has 1 amide bonds. The lowest BCUT2D eigenvalue weighted by atomic mass is 9.92. The van der Waals surface area contributed by atoms with Gasteiger partial charge in [0, 0.05) is 12.2 Å². The third kappa shape index (κ3) is 6.44. The average Bonchev–Trinajstić information content (AvgIpc) is 2.49. The van der Waals surface area contributed by atoms with Gasteiger partial charge in [-0.05, 0) is 29.4 Å². The van der Waals surface area contributed by atoms with Crippen LogP contribution in [-0.4, -0.2) is 38.0 Å². The molecule has 0 radical (unpaired) electrons. The molecule has 0 bridgehead atoms. The van der Waals surface area contributed by atoms with Gasteiger partial charge in [-0.2, -0.15) is 4.31 Å². The lowest BCUT2D eigenvalue weighted by molar-refractivity contribution is -0.116. The van der Waals surface area contributed by atoms with Crippen LogP contribution in [0.1, 0.15) is 70.4 Å². The molecule has 0 unspecified atom stereocenters. The zero-order valence-corrected chi connectivity index (χ0v) is 17.1. The van der Waals surface area contributed by atoms with Crippen LogP contribution >= 0.6 is 0 Å². The number of unbranched alkanes of at least 4 members (excludes halogenated alkanes) is 1. The van der Waals surface area contributed by atoms with Gasteiger partial charge >= 0.3 is 0 Å². The van der Waals surface area contributed by atoms with Crippen LogP contribution in [0.5, 0.6) is 0 Å². The second-order valence-electron chi connectivity index (χ2n) is 7.12. The van der Waals surface area contributed by atoms with Crippen molar-refractivity contribution < 1.29 is 13.2 Å². The normalized spacial score (nSPS) is 12.2. The van der Waals surface area contributed by atoms with Crippen molar-refractivity contribution >= 4 is 21.6 Å². The van der Waals surface area contributed by atoms with E-state index in [1.54, 1.807) is 0 Å². The molecule has 0 aromatic heterocycles. The number of amides is 1. The van der Waals surface area contributed by atoms with Crippen LogP contribution in [0.3, 0.4) is 0 Å². The van der Waals surface area contributed by atoms with E-state index in [1.807, 2.05) is 25.1 Å². The molecule has 0 spiro atoms. The molecule has 0 aliphatic carbocycles. The van der Waals surface area contributed by atoms with E-state index in [0.717, 1.165) is 35.9 Å². The summed E-state index contributed by atoms with van der Waals surface area (Å²) >= 11 is 0. The Morgan fingerprint density at radius 1 is 1.12 bits per heavy atom. The van der Waals surface area contributed by atoms with Gasteiger partial charge in [-0.25, -0.2) is 8.42 Å². The quantitative estimate of drug-likeness (QED) is 0.718. The van der Waals surface area contributed by atoms with E-state index in [9.17, 15) is 13.2 Å². The molecule has 5 nitrogen and oxygen atoms in total. The van der Waals surface area contributed by atoms with Crippen molar-refractivity contribution in [2.75, 3.05) is 24.7 Å². The Hall–Kier alpha value is -1.40. The van der Waals surface area contributed by atoms with E-state index in [-0.39, 0.29) is 24.3 Å². The van der Waals surface area contributed by atoms with Crippen molar-refractivity contribution in [3.8, 4) is 0 Å². The largest absolute Gasteiger partial charge is 0.324 e. The first-order valence-corrected chi connectivity index (χ1v) is 10.8. The van der Waals surface area contributed by atoms with Gasteiger partial charge < -0.3 is 5.32 Å². The Morgan fingerprint density at radius 3 is 2.04 bits per heavy atom. The average molecular weight is 369 g/mol. The number of anilines is 1. The molecule has 0 saturated heterocycles. The molecule has 0 fully saturated rings. The van der Waals surface area contributed by atoms with Gasteiger partial charge in [0.05, 0.1) is 12.8 Å². The van der Waals surface area contributed by atoms with Gasteiger partial charge in [-0.15, -0.1) is 0 Å². The highest BCUT2D eigenvalue weighted by Crippen LogP contribution is 2.32. The number of nitrogens with zero attached hydrogens (tertiary/aromatic N) is 1. The summed E-state index contributed by atoms with van der Waals surface area (Å²) in [7, 11) is -3.40. The lowest BCUT2D eigenvalue weighted by Crippen LogP contribution is -2.38. The number of sulfonamides is 1. The predicted octanol–water partition coefficient (Wildman–Crippen LogP) is 3.93. The van der Waals surface area contributed by atoms with Crippen LogP contribution in [0.2, 0.25) is 0 Å². The molecule has 0 atom stereocenters. The third-order valence-corrected chi connectivity index (χ3v) is 5.44. The summed E-state index contributed by atoms with van der Waals surface area (Å²) in [4.78, 5) is 12.6. The monoisotopic (exact) mass is 368 g/mol. The molecule has 25 heavy (non-hydrogen) atoms. The summed E-state index contributed by atoms with van der Waals surface area (Å²) in [5, 5.41) is 2.98. The van der Waals surface area contributed by atoms with Gasteiger partial charge in [0.1, 0.15) is 0 Å². The molecular formula is C19H32N2O3S. The zero-order chi connectivity index (χ0) is 19.2. The molecular weight excluding hydrogens is 336 g/mol. The summed E-state index contributed by atoms with van der Waals surface area (Å²) in [5.74, 6) is 0.233. The highest BCUT2D eigenvalue weighted by Gasteiger charge is 2.21. The van der Waals surface area contributed by atoms with Gasteiger partial charge in [0.2, 0.25) is 15.9 Å². The van der Waals surface area contributed by atoms with Crippen molar-refractivity contribution in [1.82, 2.24) is 4.31 Å². The second-order valence-corrected chi connectivity index (χ2v) is 9.10. The van der Waals surface area contributed by atoms with Crippen LogP contribution < -0.4 is 5.32 Å². The van der Waals surface area contributed by atoms with E-state index >= 15 is 0 Å². The predicted molar refractivity (Wildman–Crippen MR) is 105 cm³/mol. The molecule has 0 saturated carbocycles. The number of hydrogen-bond acceptors (Lipinski definition) is 3. The Kier molecular flexibility index (Phi) is 8.09. The van der Waals surface area contributed by atoms with Crippen LogP contribution in [-0.2, 0) is 14.8 Å². The number of hydrogen-bond donors (Lipinski definition) is 1. The molecule has 0 aliphatic heterocycles. The molecule has 0 aliphatic rings. The first-order chi connectivity index (χ1) is 11.6. The fourth-order valence-electron chi connectivity index (χ4n) is 2.73. The van der Waals surface area contributed by atoms with Crippen LogP contribution in [0.25, 0.3) is 0 Å². The number of benzene rings is 1. The molecule has 6 heteroatoms. The number of carbonyl (C=O) groups is 1. The molecule has 1 aromatic carbocycles. The van der Waals surface area contributed by atoms with E-state index < -0.39 is 10.0 Å². The van der Waals surface area contributed by atoms with Gasteiger partial charge in [0.15, 0.2) is 0 Å².